The summed E-state index contributed by atoms with van der Waals surface area (Å²) in [5.41, 5.74) is 7.16. The fourth-order valence-corrected chi connectivity index (χ4v) is 3.12. The zero-order valence-electron chi connectivity index (χ0n) is 18.9. The van der Waals surface area contributed by atoms with Gasteiger partial charge in [0.15, 0.2) is 0 Å². The summed E-state index contributed by atoms with van der Waals surface area (Å²) in [7, 11) is 0. The number of benzene rings is 1. The fraction of sp³-hybridized carbons (Fsp3) is 0.364. The summed E-state index contributed by atoms with van der Waals surface area (Å²) in [5.74, 6) is -5.21. The molecule has 0 radical (unpaired) electrons. The zero-order valence-corrected chi connectivity index (χ0v) is 18.9. The number of H-pyrrole nitrogens is 1. The summed E-state index contributed by atoms with van der Waals surface area (Å²) < 4.78 is 0. The normalized spacial score (nSPS) is 14.1. The van der Waals surface area contributed by atoms with E-state index >= 15 is 0 Å². The molecule has 2 aromatic rings. The first-order valence-corrected chi connectivity index (χ1v) is 10.7. The van der Waals surface area contributed by atoms with Crippen molar-refractivity contribution in [3.8, 4) is 0 Å². The number of imidazole rings is 1. The van der Waals surface area contributed by atoms with Gasteiger partial charge in [-0.3, -0.25) is 19.2 Å². The predicted molar refractivity (Wildman–Crippen MR) is 122 cm³/mol. The fourth-order valence-electron chi connectivity index (χ4n) is 3.12. The standard InChI is InChI=1S/C22H28N6O7/c1-12(26-20(32)15(23)7-13-5-3-2-4-6-13)19(31)27-16(9-18(29)30)21(33)28-17(22(34)35)8-14-10-24-11-25-14/h2-6,10-12,15-17H,7-9,23H2,1H3,(H,24,25)(H,26,32)(H,27,31)(H,28,33)(H,29,30)(H,34,35). The van der Waals surface area contributed by atoms with E-state index in [0.717, 1.165) is 5.56 Å². The molecule has 2 rings (SSSR count). The molecular weight excluding hydrogens is 460 g/mol. The van der Waals surface area contributed by atoms with Gasteiger partial charge in [0.05, 0.1) is 18.8 Å². The molecule has 188 valence electrons. The summed E-state index contributed by atoms with van der Waals surface area (Å²) >= 11 is 0. The second-order valence-corrected chi connectivity index (χ2v) is 7.87. The molecule has 0 saturated carbocycles. The molecule has 8 N–H and O–H groups in total. The number of amides is 3. The van der Waals surface area contributed by atoms with Gasteiger partial charge in [0.1, 0.15) is 18.1 Å². The summed E-state index contributed by atoms with van der Waals surface area (Å²) in [4.78, 5) is 66.8. The van der Waals surface area contributed by atoms with Crippen LogP contribution >= 0.6 is 0 Å². The second-order valence-electron chi connectivity index (χ2n) is 7.87. The smallest absolute Gasteiger partial charge is 0.326 e. The van der Waals surface area contributed by atoms with Crippen molar-refractivity contribution in [2.45, 2.75) is 50.4 Å². The van der Waals surface area contributed by atoms with E-state index in [1.807, 2.05) is 6.07 Å². The van der Waals surface area contributed by atoms with E-state index < -0.39 is 60.2 Å². The molecule has 1 heterocycles. The molecule has 1 aromatic heterocycles. The Morgan fingerprint density at radius 2 is 1.60 bits per heavy atom. The van der Waals surface area contributed by atoms with Crippen molar-refractivity contribution in [2.75, 3.05) is 0 Å². The minimum absolute atomic E-state index is 0.138. The lowest BCUT2D eigenvalue weighted by molar-refractivity contribution is -0.143. The molecule has 4 atom stereocenters. The number of aromatic amines is 1. The SMILES string of the molecule is CC(NC(=O)C(N)Cc1ccccc1)C(=O)NC(CC(=O)O)C(=O)NC(Cc1cnc[nH]1)C(=O)O. The Hall–Kier alpha value is -4.26. The van der Waals surface area contributed by atoms with Crippen LogP contribution in [0.1, 0.15) is 24.6 Å². The quantitative estimate of drug-likeness (QED) is 0.175. The van der Waals surface area contributed by atoms with Crippen molar-refractivity contribution in [3.05, 3.63) is 54.1 Å². The number of carbonyl (C=O) groups is 5. The first kappa shape index (κ1) is 27.0. The minimum atomic E-state index is -1.58. The monoisotopic (exact) mass is 488 g/mol. The summed E-state index contributed by atoms with van der Waals surface area (Å²) in [6, 6.07) is 3.95. The Morgan fingerprint density at radius 3 is 2.17 bits per heavy atom. The van der Waals surface area contributed by atoms with Gasteiger partial charge in [-0.05, 0) is 18.9 Å². The van der Waals surface area contributed by atoms with Gasteiger partial charge in [0, 0.05) is 18.3 Å². The van der Waals surface area contributed by atoms with E-state index in [9.17, 15) is 29.1 Å². The zero-order chi connectivity index (χ0) is 26.0. The molecule has 13 nitrogen and oxygen atoms in total. The van der Waals surface area contributed by atoms with Crippen molar-refractivity contribution in [2.24, 2.45) is 5.73 Å². The van der Waals surface area contributed by atoms with Crippen LogP contribution in [0.25, 0.3) is 0 Å². The molecule has 13 heteroatoms. The van der Waals surface area contributed by atoms with Crippen LogP contribution in [0.15, 0.2) is 42.9 Å². The van der Waals surface area contributed by atoms with Crippen molar-refractivity contribution >= 4 is 29.7 Å². The largest absolute Gasteiger partial charge is 0.481 e. The number of rotatable bonds is 13. The molecule has 1 aromatic carbocycles. The summed E-state index contributed by atoms with van der Waals surface area (Å²) in [5, 5.41) is 25.4. The summed E-state index contributed by atoms with van der Waals surface area (Å²) in [6.07, 6.45) is 2.01. The Labute approximate surface area is 200 Å². The number of aliphatic carboxylic acids is 2. The average Bonchev–Trinajstić information content (AvgIpc) is 3.31. The lowest BCUT2D eigenvalue weighted by atomic mass is 10.1. The molecule has 0 spiro atoms. The van der Waals surface area contributed by atoms with E-state index in [2.05, 4.69) is 25.9 Å². The molecule has 0 aliphatic carbocycles. The number of nitrogens with two attached hydrogens (primary N) is 1. The number of nitrogens with one attached hydrogen (secondary N) is 4. The number of hydrogen-bond donors (Lipinski definition) is 7. The maximum Gasteiger partial charge on any atom is 0.326 e. The van der Waals surface area contributed by atoms with Crippen LogP contribution in [-0.2, 0) is 36.8 Å². The molecular formula is C22H28N6O7. The Morgan fingerprint density at radius 1 is 0.943 bits per heavy atom. The third kappa shape index (κ3) is 8.89. The van der Waals surface area contributed by atoms with E-state index in [-0.39, 0.29) is 12.8 Å². The summed E-state index contributed by atoms with van der Waals surface area (Å²) in [6.45, 7) is 1.34. The van der Waals surface area contributed by atoms with E-state index in [0.29, 0.717) is 5.69 Å². The van der Waals surface area contributed by atoms with Gasteiger partial charge < -0.3 is 36.9 Å². The van der Waals surface area contributed by atoms with Crippen LogP contribution < -0.4 is 21.7 Å². The second kappa shape index (κ2) is 12.8. The van der Waals surface area contributed by atoms with Gasteiger partial charge in [0.25, 0.3) is 0 Å². The Bertz CT molecular complexity index is 1030. The Balaban J connectivity index is 1.98. The molecule has 0 saturated heterocycles. The molecule has 35 heavy (non-hydrogen) atoms. The molecule has 0 fully saturated rings. The Kier molecular flexibility index (Phi) is 9.90. The third-order valence-electron chi connectivity index (χ3n) is 4.99. The maximum absolute atomic E-state index is 12.6. The molecule has 3 amide bonds. The van der Waals surface area contributed by atoms with Crippen molar-refractivity contribution in [1.29, 1.82) is 0 Å². The van der Waals surface area contributed by atoms with Gasteiger partial charge in [-0.1, -0.05) is 30.3 Å². The van der Waals surface area contributed by atoms with E-state index in [4.69, 9.17) is 10.8 Å². The van der Waals surface area contributed by atoms with Crippen molar-refractivity contribution in [3.63, 3.8) is 0 Å². The lowest BCUT2D eigenvalue weighted by Crippen LogP contribution is -2.57. The minimum Gasteiger partial charge on any atom is -0.481 e. The maximum atomic E-state index is 12.6. The first-order chi connectivity index (χ1) is 16.6. The van der Waals surface area contributed by atoms with Gasteiger partial charge in [0.2, 0.25) is 17.7 Å². The van der Waals surface area contributed by atoms with Crippen molar-refractivity contribution in [1.82, 2.24) is 25.9 Å². The highest BCUT2D eigenvalue weighted by Crippen LogP contribution is 2.04. The van der Waals surface area contributed by atoms with Gasteiger partial charge in [-0.2, -0.15) is 0 Å². The lowest BCUT2D eigenvalue weighted by Gasteiger charge is -2.23. The van der Waals surface area contributed by atoms with Gasteiger partial charge in [-0.15, -0.1) is 0 Å². The number of carbonyl (C=O) groups excluding carboxylic acids is 3. The third-order valence-corrected chi connectivity index (χ3v) is 4.99. The molecule has 0 aliphatic heterocycles. The van der Waals surface area contributed by atoms with Gasteiger partial charge in [-0.25, -0.2) is 9.78 Å². The van der Waals surface area contributed by atoms with Crippen LogP contribution in [0.4, 0.5) is 0 Å². The van der Waals surface area contributed by atoms with Crippen LogP contribution in [0, 0.1) is 0 Å². The molecule has 0 aliphatic rings. The van der Waals surface area contributed by atoms with Crippen LogP contribution in [0.5, 0.6) is 0 Å². The van der Waals surface area contributed by atoms with E-state index in [1.165, 1.54) is 19.4 Å². The highest BCUT2D eigenvalue weighted by Gasteiger charge is 2.30. The molecule has 0 bridgehead atoms. The molecule has 4 unspecified atom stereocenters. The van der Waals surface area contributed by atoms with E-state index in [1.54, 1.807) is 24.3 Å². The highest BCUT2D eigenvalue weighted by molar-refractivity contribution is 5.95. The topological polar surface area (TPSA) is 217 Å². The van der Waals surface area contributed by atoms with Crippen molar-refractivity contribution < 1.29 is 34.2 Å². The first-order valence-electron chi connectivity index (χ1n) is 10.7. The number of carboxylic acids is 2. The highest BCUT2D eigenvalue weighted by atomic mass is 16.4. The average molecular weight is 489 g/mol. The van der Waals surface area contributed by atoms with Gasteiger partial charge >= 0.3 is 11.9 Å². The van der Waals surface area contributed by atoms with Crippen LogP contribution in [0.3, 0.4) is 0 Å². The number of hydrogen-bond acceptors (Lipinski definition) is 7. The number of aromatic nitrogens is 2. The van der Waals surface area contributed by atoms with Crippen LogP contribution in [-0.4, -0.2) is 74.0 Å². The number of carboxylic acid groups (broad SMARTS) is 2. The predicted octanol–water partition coefficient (Wildman–Crippen LogP) is -1.44. The van der Waals surface area contributed by atoms with Crippen LogP contribution in [0.2, 0.25) is 0 Å². The number of nitrogens with zero attached hydrogens (tertiary/aromatic N) is 1.